The Kier molecular flexibility index (Phi) is 9.11. The number of aromatic hydroxyl groups is 2. The molecule has 6 nitrogen and oxygen atoms in total. The van der Waals surface area contributed by atoms with Crippen LogP contribution in [0.4, 0.5) is 0 Å². The summed E-state index contributed by atoms with van der Waals surface area (Å²) in [6, 6.07) is 4.86. The fourth-order valence-electron chi connectivity index (χ4n) is 0.643. The fourth-order valence-corrected chi connectivity index (χ4v) is 0.643. The van der Waals surface area contributed by atoms with Crippen molar-refractivity contribution in [3.8, 4) is 11.5 Å². The zero-order valence-electron chi connectivity index (χ0n) is 9.84. The van der Waals surface area contributed by atoms with Gasteiger partial charge in [-0.3, -0.25) is 9.59 Å². The Morgan fingerprint density at radius 1 is 1.00 bits per heavy atom. The molecule has 0 radical (unpaired) electrons. The maximum Gasteiger partial charge on any atom is 0.300 e. The van der Waals surface area contributed by atoms with Crippen molar-refractivity contribution in [1.29, 1.82) is 0 Å². The van der Waals surface area contributed by atoms with Gasteiger partial charge in [0.2, 0.25) is 0 Å². The van der Waals surface area contributed by atoms with Gasteiger partial charge >= 0.3 is 0 Å². The van der Waals surface area contributed by atoms with Crippen LogP contribution in [0.3, 0.4) is 0 Å². The van der Waals surface area contributed by atoms with E-state index in [4.69, 9.17) is 30.0 Å². The van der Waals surface area contributed by atoms with Crippen LogP contribution in [0.1, 0.15) is 19.4 Å². The zero-order valence-corrected chi connectivity index (χ0v) is 9.84. The van der Waals surface area contributed by atoms with Gasteiger partial charge in [0.05, 0.1) is 0 Å². The lowest BCUT2D eigenvalue weighted by atomic mass is 10.2. The van der Waals surface area contributed by atoms with Crippen molar-refractivity contribution in [2.24, 2.45) is 0 Å². The van der Waals surface area contributed by atoms with E-state index in [1.807, 2.05) is 0 Å². The number of rotatable bonds is 0. The topological polar surface area (TPSA) is 115 Å². The van der Waals surface area contributed by atoms with Crippen LogP contribution in [0.2, 0.25) is 0 Å². The Labute approximate surface area is 98.8 Å². The predicted octanol–water partition coefficient (Wildman–Crippen LogP) is 1.59. The van der Waals surface area contributed by atoms with Crippen molar-refractivity contribution in [2.45, 2.75) is 20.8 Å². The van der Waals surface area contributed by atoms with Crippen LogP contribution < -0.4 is 0 Å². The van der Waals surface area contributed by atoms with Gasteiger partial charge in [-0.15, -0.1) is 0 Å². The minimum Gasteiger partial charge on any atom is -0.504 e. The molecule has 1 rings (SSSR count). The smallest absolute Gasteiger partial charge is 0.300 e. The number of aliphatic carboxylic acids is 2. The molecule has 17 heavy (non-hydrogen) atoms. The summed E-state index contributed by atoms with van der Waals surface area (Å²) in [6.45, 7) is 3.90. The normalized spacial score (nSPS) is 7.94. The van der Waals surface area contributed by atoms with Crippen LogP contribution in [-0.2, 0) is 9.59 Å². The van der Waals surface area contributed by atoms with E-state index in [-0.39, 0.29) is 11.5 Å². The first-order chi connectivity index (χ1) is 7.68. The molecule has 0 aromatic heterocycles. The van der Waals surface area contributed by atoms with Crippen molar-refractivity contribution in [3.05, 3.63) is 23.8 Å². The number of hydrogen-bond donors (Lipinski definition) is 4. The summed E-state index contributed by atoms with van der Waals surface area (Å²) in [4.78, 5) is 18.0. The third kappa shape index (κ3) is 13.8. The van der Waals surface area contributed by atoms with Crippen LogP contribution in [0.25, 0.3) is 0 Å². The minimum atomic E-state index is -0.833. The number of phenols is 2. The molecule has 0 unspecified atom stereocenters. The lowest BCUT2D eigenvalue weighted by Gasteiger charge is -1.97. The van der Waals surface area contributed by atoms with Gasteiger partial charge in [0.15, 0.2) is 11.5 Å². The first-order valence-corrected chi connectivity index (χ1v) is 4.55. The fraction of sp³-hybridized carbons (Fsp3) is 0.273. The van der Waals surface area contributed by atoms with Crippen molar-refractivity contribution in [3.63, 3.8) is 0 Å². The molecule has 0 bridgehead atoms. The number of carboxylic acid groups (broad SMARTS) is 2. The molecule has 0 atom stereocenters. The van der Waals surface area contributed by atoms with Gasteiger partial charge < -0.3 is 20.4 Å². The third-order valence-electron chi connectivity index (χ3n) is 1.22. The molecule has 1 aromatic carbocycles. The van der Waals surface area contributed by atoms with Gasteiger partial charge in [-0.1, -0.05) is 12.1 Å². The Morgan fingerprint density at radius 2 is 1.35 bits per heavy atom. The van der Waals surface area contributed by atoms with Crippen molar-refractivity contribution in [1.82, 2.24) is 0 Å². The van der Waals surface area contributed by atoms with Gasteiger partial charge in [0, 0.05) is 13.8 Å². The zero-order chi connectivity index (χ0) is 14.0. The molecule has 0 fully saturated rings. The van der Waals surface area contributed by atoms with Crippen molar-refractivity contribution in [2.75, 3.05) is 0 Å². The Bertz CT molecular complexity index is 332. The highest BCUT2D eigenvalue weighted by atomic mass is 16.4. The first kappa shape index (κ1) is 17.2. The molecule has 0 heterocycles. The second kappa shape index (κ2) is 9.02. The highest BCUT2D eigenvalue weighted by Crippen LogP contribution is 2.26. The molecular formula is C11H16O6. The van der Waals surface area contributed by atoms with E-state index in [1.165, 1.54) is 6.07 Å². The summed E-state index contributed by atoms with van der Waals surface area (Å²) >= 11 is 0. The summed E-state index contributed by atoms with van der Waals surface area (Å²) in [5, 5.41) is 32.6. The quantitative estimate of drug-likeness (QED) is 0.515. The standard InChI is InChI=1S/C7H8O2.2C2H4O2/c1-5-3-2-4-6(8)7(5)9;2*1-2(3)4/h2-4,8-9H,1H3;2*1H3,(H,3,4). The van der Waals surface area contributed by atoms with E-state index in [2.05, 4.69) is 0 Å². The summed E-state index contributed by atoms with van der Waals surface area (Å²) in [7, 11) is 0. The van der Waals surface area contributed by atoms with Gasteiger partial charge in [0.1, 0.15) is 0 Å². The monoisotopic (exact) mass is 244 g/mol. The van der Waals surface area contributed by atoms with Gasteiger partial charge in [0.25, 0.3) is 11.9 Å². The molecule has 0 aliphatic rings. The Balaban J connectivity index is 0. The number of phenolic OH excluding ortho intramolecular Hbond substituents is 2. The SMILES string of the molecule is CC(=O)O.CC(=O)O.Cc1cccc(O)c1O. The highest BCUT2D eigenvalue weighted by molar-refractivity contribution is 5.63. The predicted molar refractivity (Wildman–Crippen MR) is 61.1 cm³/mol. The molecule has 0 amide bonds. The molecule has 6 heteroatoms. The molecule has 0 aliphatic carbocycles. The Morgan fingerprint density at radius 3 is 1.59 bits per heavy atom. The van der Waals surface area contributed by atoms with Gasteiger partial charge in [-0.25, -0.2) is 0 Å². The van der Waals surface area contributed by atoms with E-state index < -0.39 is 11.9 Å². The number of para-hydroxylation sites is 1. The molecular weight excluding hydrogens is 228 g/mol. The minimum absolute atomic E-state index is 0.0301. The largest absolute Gasteiger partial charge is 0.504 e. The summed E-state index contributed by atoms with van der Waals surface area (Å²) in [6.07, 6.45) is 0. The lowest BCUT2D eigenvalue weighted by molar-refractivity contribution is -0.135. The van der Waals surface area contributed by atoms with Crippen molar-refractivity contribution >= 4 is 11.9 Å². The van der Waals surface area contributed by atoms with Gasteiger partial charge in [-0.2, -0.15) is 0 Å². The molecule has 1 aromatic rings. The van der Waals surface area contributed by atoms with E-state index in [9.17, 15) is 0 Å². The highest BCUT2D eigenvalue weighted by Gasteiger charge is 1.98. The van der Waals surface area contributed by atoms with Crippen LogP contribution in [0, 0.1) is 6.92 Å². The maximum atomic E-state index is 9.00. The van der Waals surface area contributed by atoms with E-state index in [0.717, 1.165) is 13.8 Å². The molecule has 0 spiro atoms. The molecule has 0 aliphatic heterocycles. The first-order valence-electron chi connectivity index (χ1n) is 4.55. The molecule has 96 valence electrons. The van der Waals surface area contributed by atoms with Crippen LogP contribution in [-0.4, -0.2) is 32.4 Å². The Hall–Kier alpha value is -2.24. The second-order valence-electron chi connectivity index (χ2n) is 2.98. The van der Waals surface area contributed by atoms with E-state index in [0.29, 0.717) is 5.56 Å². The summed E-state index contributed by atoms with van der Waals surface area (Å²) in [5.74, 6) is -1.76. The average molecular weight is 244 g/mol. The number of carboxylic acids is 2. The number of hydrogen-bond acceptors (Lipinski definition) is 4. The second-order valence-corrected chi connectivity index (χ2v) is 2.98. The number of aryl methyl sites for hydroxylation is 1. The average Bonchev–Trinajstić information content (AvgIpc) is 2.12. The van der Waals surface area contributed by atoms with Crippen LogP contribution >= 0.6 is 0 Å². The van der Waals surface area contributed by atoms with Crippen LogP contribution in [0.15, 0.2) is 18.2 Å². The summed E-state index contributed by atoms with van der Waals surface area (Å²) < 4.78 is 0. The lowest BCUT2D eigenvalue weighted by Crippen LogP contribution is -1.78. The van der Waals surface area contributed by atoms with Crippen LogP contribution in [0.5, 0.6) is 11.5 Å². The number of carbonyl (C=O) groups is 2. The van der Waals surface area contributed by atoms with Crippen molar-refractivity contribution < 1.29 is 30.0 Å². The maximum absolute atomic E-state index is 9.00. The van der Waals surface area contributed by atoms with E-state index >= 15 is 0 Å². The van der Waals surface area contributed by atoms with E-state index in [1.54, 1.807) is 19.1 Å². The third-order valence-corrected chi connectivity index (χ3v) is 1.22. The molecule has 0 saturated carbocycles. The van der Waals surface area contributed by atoms with Gasteiger partial charge in [-0.05, 0) is 18.6 Å². The summed E-state index contributed by atoms with van der Waals surface area (Å²) in [5.41, 5.74) is 0.690. The molecule has 0 saturated heterocycles. The molecule has 4 N–H and O–H groups in total. The number of benzene rings is 1.